The number of benzene rings is 1. The van der Waals surface area contributed by atoms with Crippen molar-refractivity contribution in [3.05, 3.63) is 40.5 Å². The number of carboxylic acid groups (broad SMARTS) is 1. The van der Waals surface area contributed by atoms with E-state index in [0.29, 0.717) is 17.9 Å². The molecular weight excluding hydrogens is 350 g/mol. The van der Waals surface area contributed by atoms with Crippen molar-refractivity contribution >= 4 is 27.8 Å². The van der Waals surface area contributed by atoms with Gasteiger partial charge in [-0.25, -0.2) is 0 Å². The van der Waals surface area contributed by atoms with Gasteiger partial charge in [0.05, 0.1) is 12.1 Å². The van der Waals surface area contributed by atoms with E-state index >= 15 is 0 Å². The largest absolute Gasteiger partial charge is 0.481 e. The van der Waals surface area contributed by atoms with Gasteiger partial charge >= 0.3 is 5.97 Å². The van der Waals surface area contributed by atoms with E-state index in [0.717, 1.165) is 10.0 Å². The average Bonchev–Trinajstić information content (AvgIpc) is 2.98. The Kier molecular flexibility index (Phi) is 5.32. The Morgan fingerprint density at radius 2 is 2.00 bits per heavy atom. The van der Waals surface area contributed by atoms with E-state index in [-0.39, 0.29) is 18.9 Å². The molecule has 7 heteroatoms. The van der Waals surface area contributed by atoms with Crippen molar-refractivity contribution in [3.63, 3.8) is 0 Å². The molecule has 0 saturated carbocycles. The lowest BCUT2D eigenvalue weighted by molar-refractivity contribution is -0.137. The maximum Gasteiger partial charge on any atom is 0.305 e. The third-order valence-corrected chi connectivity index (χ3v) is 3.74. The number of nitrogens with one attached hydrogen (secondary N) is 1. The molecule has 0 saturated heterocycles. The Morgan fingerprint density at radius 1 is 1.32 bits per heavy atom. The zero-order chi connectivity index (χ0) is 16.1. The van der Waals surface area contributed by atoms with Crippen LogP contribution in [0, 0.1) is 0 Å². The van der Waals surface area contributed by atoms with E-state index in [9.17, 15) is 9.59 Å². The molecule has 0 aliphatic carbocycles. The van der Waals surface area contributed by atoms with E-state index in [1.807, 2.05) is 31.2 Å². The number of amides is 1. The van der Waals surface area contributed by atoms with Crippen molar-refractivity contribution in [2.75, 3.05) is 13.1 Å². The number of nitrogens with zero attached hydrogens (tertiary/aromatic N) is 2. The van der Waals surface area contributed by atoms with Crippen molar-refractivity contribution in [3.8, 4) is 11.3 Å². The van der Waals surface area contributed by atoms with Gasteiger partial charge in [0.2, 0.25) is 0 Å². The van der Waals surface area contributed by atoms with Gasteiger partial charge < -0.3 is 10.0 Å². The second-order valence-corrected chi connectivity index (χ2v) is 5.62. The summed E-state index contributed by atoms with van der Waals surface area (Å²) in [5, 5.41) is 15.6. The van der Waals surface area contributed by atoms with Crippen LogP contribution in [-0.4, -0.2) is 45.2 Å². The summed E-state index contributed by atoms with van der Waals surface area (Å²) in [6.07, 6.45) is -0.0761. The summed E-state index contributed by atoms with van der Waals surface area (Å²) < 4.78 is 0.967. The number of rotatable bonds is 6. The molecular formula is C15H16BrN3O3. The molecule has 2 N–H and O–H groups in total. The highest BCUT2D eigenvalue weighted by Crippen LogP contribution is 2.20. The summed E-state index contributed by atoms with van der Waals surface area (Å²) in [6, 6.07) is 9.27. The lowest BCUT2D eigenvalue weighted by atomic mass is 10.1. The van der Waals surface area contributed by atoms with Crippen LogP contribution in [0.2, 0.25) is 0 Å². The fourth-order valence-electron chi connectivity index (χ4n) is 2.00. The normalized spacial score (nSPS) is 10.5. The molecule has 1 aromatic heterocycles. The molecule has 0 aliphatic rings. The molecule has 0 fully saturated rings. The number of hydrogen-bond donors (Lipinski definition) is 2. The molecule has 0 radical (unpaired) electrons. The number of carboxylic acids is 1. The Balaban J connectivity index is 2.14. The van der Waals surface area contributed by atoms with E-state index in [2.05, 4.69) is 26.1 Å². The minimum absolute atomic E-state index is 0.0761. The summed E-state index contributed by atoms with van der Waals surface area (Å²) in [5.41, 5.74) is 1.92. The van der Waals surface area contributed by atoms with Crippen LogP contribution in [0.25, 0.3) is 11.3 Å². The van der Waals surface area contributed by atoms with Gasteiger partial charge in [-0.15, -0.1) is 0 Å². The van der Waals surface area contributed by atoms with Gasteiger partial charge in [-0.3, -0.25) is 14.7 Å². The van der Waals surface area contributed by atoms with Crippen LogP contribution >= 0.6 is 15.9 Å². The number of halogens is 1. The zero-order valence-electron chi connectivity index (χ0n) is 12.0. The molecule has 0 bridgehead atoms. The molecule has 1 amide bonds. The first-order valence-corrected chi connectivity index (χ1v) is 7.63. The smallest absolute Gasteiger partial charge is 0.305 e. The Bertz CT molecular complexity index is 667. The Labute approximate surface area is 136 Å². The highest BCUT2D eigenvalue weighted by molar-refractivity contribution is 9.10. The topological polar surface area (TPSA) is 86.3 Å². The summed E-state index contributed by atoms with van der Waals surface area (Å²) in [5.74, 6) is -1.17. The van der Waals surface area contributed by atoms with Gasteiger partial charge in [-0.1, -0.05) is 28.1 Å². The number of carbonyl (C=O) groups is 2. The summed E-state index contributed by atoms with van der Waals surface area (Å²) >= 11 is 3.37. The van der Waals surface area contributed by atoms with E-state index < -0.39 is 5.97 Å². The quantitative estimate of drug-likeness (QED) is 0.823. The zero-order valence-corrected chi connectivity index (χ0v) is 13.6. The van der Waals surface area contributed by atoms with Crippen LogP contribution < -0.4 is 0 Å². The van der Waals surface area contributed by atoms with E-state index in [1.54, 1.807) is 6.07 Å². The first-order valence-electron chi connectivity index (χ1n) is 6.83. The number of H-pyrrole nitrogens is 1. The SMILES string of the molecule is CCN(CCC(=O)O)C(=O)c1cc(-c2ccc(Br)cc2)n[nH]1. The maximum absolute atomic E-state index is 12.3. The predicted octanol–water partition coefficient (Wildman–Crippen LogP) is 2.78. The molecule has 116 valence electrons. The monoisotopic (exact) mass is 365 g/mol. The van der Waals surface area contributed by atoms with Gasteiger partial charge in [-0.2, -0.15) is 5.10 Å². The lowest BCUT2D eigenvalue weighted by Gasteiger charge is -2.18. The van der Waals surface area contributed by atoms with Crippen molar-refractivity contribution in [1.82, 2.24) is 15.1 Å². The summed E-state index contributed by atoms with van der Waals surface area (Å²) in [7, 11) is 0. The number of hydrogen-bond acceptors (Lipinski definition) is 3. The molecule has 0 aliphatic heterocycles. The number of carbonyl (C=O) groups excluding carboxylic acids is 1. The number of aliphatic carboxylic acids is 1. The second kappa shape index (κ2) is 7.22. The molecule has 0 spiro atoms. The molecule has 22 heavy (non-hydrogen) atoms. The van der Waals surface area contributed by atoms with Crippen LogP contribution in [-0.2, 0) is 4.79 Å². The summed E-state index contributed by atoms with van der Waals surface area (Å²) in [6.45, 7) is 2.43. The van der Waals surface area contributed by atoms with Gasteiger partial charge in [0, 0.05) is 23.1 Å². The Morgan fingerprint density at radius 3 is 2.59 bits per heavy atom. The van der Waals surface area contributed by atoms with Crippen molar-refractivity contribution in [2.24, 2.45) is 0 Å². The number of aromatic amines is 1. The van der Waals surface area contributed by atoms with E-state index in [4.69, 9.17) is 5.11 Å². The average molecular weight is 366 g/mol. The van der Waals surface area contributed by atoms with Crippen LogP contribution in [0.1, 0.15) is 23.8 Å². The highest BCUT2D eigenvalue weighted by Gasteiger charge is 2.18. The van der Waals surface area contributed by atoms with Crippen LogP contribution in [0.3, 0.4) is 0 Å². The minimum Gasteiger partial charge on any atom is -0.481 e. The maximum atomic E-state index is 12.3. The van der Waals surface area contributed by atoms with Crippen LogP contribution in [0.15, 0.2) is 34.8 Å². The first kappa shape index (κ1) is 16.2. The summed E-state index contributed by atoms with van der Waals surface area (Å²) in [4.78, 5) is 24.5. The molecule has 1 heterocycles. The molecule has 2 rings (SSSR count). The van der Waals surface area contributed by atoms with Crippen molar-refractivity contribution < 1.29 is 14.7 Å². The Hall–Kier alpha value is -2.15. The van der Waals surface area contributed by atoms with Crippen LogP contribution in [0.4, 0.5) is 0 Å². The van der Waals surface area contributed by atoms with E-state index in [1.165, 1.54) is 4.90 Å². The highest BCUT2D eigenvalue weighted by atomic mass is 79.9. The van der Waals surface area contributed by atoms with Crippen LogP contribution in [0.5, 0.6) is 0 Å². The van der Waals surface area contributed by atoms with Crippen molar-refractivity contribution in [2.45, 2.75) is 13.3 Å². The lowest BCUT2D eigenvalue weighted by Crippen LogP contribution is -2.33. The standard InChI is InChI=1S/C15H16BrN3O3/c1-2-19(8-7-14(20)21)15(22)13-9-12(17-18-13)10-3-5-11(16)6-4-10/h3-6,9H,2,7-8H2,1H3,(H,17,18)(H,20,21). The number of aromatic nitrogens is 2. The first-order chi connectivity index (χ1) is 10.5. The third-order valence-electron chi connectivity index (χ3n) is 3.21. The molecule has 0 unspecified atom stereocenters. The molecule has 6 nitrogen and oxygen atoms in total. The second-order valence-electron chi connectivity index (χ2n) is 4.70. The van der Waals surface area contributed by atoms with Gasteiger partial charge in [0.1, 0.15) is 5.69 Å². The molecule has 0 atom stereocenters. The van der Waals surface area contributed by atoms with Gasteiger partial charge in [0.25, 0.3) is 5.91 Å². The van der Waals surface area contributed by atoms with Gasteiger partial charge in [0.15, 0.2) is 0 Å². The van der Waals surface area contributed by atoms with Gasteiger partial charge in [-0.05, 0) is 25.1 Å². The predicted molar refractivity (Wildman–Crippen MR) is 85.6 cm³/mol. The molecule has 1 aromatic carbocycles. The third kappa shape index (κ3) is 3.94. The fraction of sp³-hybridized carbons (Fsp3) is 0.267. The van der Waals surface area contributed by atoms with Crippen molar-refractivity contribution in [1.29, 1.82) is 0 Å². The molecule has 2 aromatic rings. The fourth-order valence-corrected chi connectivity index (χ4v) is 2.27. The minimum atomic E-state index is -0.925.